The van der Waals surface area contributed by atoms with Crippen molar-refractivity contribution in [3.8, 4) is 0 Å². The highest BCUT2D eigenvalue weighted by atomic mass is 16.3. The van der Waals surface area contributed by atoms with Crippen molar-refractivity contribution in [2.24, 2.45) is 5.92 Å². The van der Waals surface area contributed by atoms with Gasteiger partial charge in [0.25, 0.3) is 0 Å². The summed E-state index contributed by atoms with van der Waals surface area (Å²) < 4.78 is 0. The van der Waals surface area contributed by atoms with Gasteiger partial charge < -0.3 is 10.4 Å². The Kier molecular flexibility index (Phi) is 1.60. The molecule has 3 rings (SSSR count). The van der Waals surface area contributed by atoms with Gasteiger partial charge in [0.1, 0.15) is 0 Å². The number of fused-ring (bicyclic) bond motifs is 4. The molecule has 3 atom stereocenters. The predicted molar refractivity (Wildman–Crippen MR) is 39.9 cm³/mol. The van der Waals surface area contributed by atoms with E-state index in [1.54, 1.807) is 0 Å². The second kappa shape index (κ2) is 2.48. The van der Waals surface area contributed by atoms with Gasteiger partial charge in [-0.1, -0.05) is 0 Å². The Hall–Kier alpha value is -0.570. The molecule has 1 amide bonds. The topological polar surface area (TPSA) is 49.3 Å². The Morgan fingerprint density at radius 2 is 2.00 bits per heavy atom. The largest absolute Gasteiger partial charge is 0.391 e. The normalized spacial score (nSPS) is 43.4. The third-order valence-electron chi connectivity index (χ3n) is 2.80. The van der Waals surface area contributed by atoms with Crippen LogP contribution >= 0.6 is 0 Å². The van der Waals surface area contributed by atoms with Crippen molar-refractivity contribution < 1.29 is 9.90 Å². The minimum Gasteiger partial charge on any atom is -0.391 e. The fraction of sp³-hybridized carbons (Fsp3) is 0.875. The number of carbonyl (C=O) groups excluding carboxylic acids is 1. The zero-order valence-corrected chi connectivity index (χ0v) is 6.42. The standard InChI is InChI=1S/C8H13NO2/c10-7-4-2-5-1-3-6(7)9-8(5)11/h5-7,10H,1-4H2,(H,9,11). The van der Waals surface area contributed by atoms with Crippen LogP contribution in [0.4, 0.5) is 0 Å². The van der Waals surface area contributed by atoms with E-state index in [1.807, 2.05) is 0 Å². The molecule has 3 aliphatic rings. The van der Waals surface area contributed by atoms with E-state index in [2.05, 4.69) is 5.32 Å². The first kappa shape index (κ1) is 7.10. The van der Waals surface area contributed by atoms with Gasteiger partial charge in [-0.15, -0.1) is 0 Å². The lowest BCUT2D eigenvalue weighted by Gasteiger charge is -2.25. The summed E-state index contributed by atoms with van der Waals surface area (Å²) >= 11 is 0. The molecular formula is C8H13NO2. The van der Waals surface area contributed by atoms with Crippen LogP contribution in [-0.2, 0) is 4.79 Å². The molecule has 2 bridgehead atoms. The van der Waals surface area contributed by atoms with Gasteiger partial charge in [-0.05, 0) is 25.7 Å². The zero-order valence-electron chi connectivity index (χ0n) is 6.42. The Morgan fingerprint density at radius 3 is 2.73 bits per heavy atom. The molecule has 1 aliphatic carbocycles. The maximum absolute atomic E-state index is 11.2. The number of nitrogens with one attached hydrogen (secondary N) is 1. The molecule has 2 N–H and O–H groups in total. The Morgan fingerprint density at radius 1 is 1.27 bits per heavy atom. The van der Waals surface area contributed by atoms with Gasteiger partial charge in [0.15, 0.2) is 0 Å². The van der Waals surface area contributed by atoms with E-state index in [4.69, 9.17) is 0 Å². The molecule has 0 aromatic heterocycles. The molecule has 2 aliphatic heterocycles. The summed E-state index contributed by atoms with van der Waals surface area (Å²) in [5, 5.41) is 12.3. The quantitative estimate of drug-likeness (QED) is 0.518. The van der Waals surface area contributed by atoms with Crippen molar-refractivity contribution in [3.63, 3.8) is 0 Å². The number of rotatable bonds is 0. The summed E-state index contributed by atoms with van der Waals surface area (Å²) in [7, 11) is 0. The monoisotopic (exact) mass is 155 g/mol. The molecule has 1 saturated carbocycles. The summed E-state index contributed by atoms with van der Waals surface area (Å²) in [6, 6.07) is 0.0428. The maximum atomic E-state index is 11.2. The molecule has 2 saturated heterocycles. The summed E-state index contributed by atoms with van der Waals surface area (Å²) in [5.41, 5.74) is 0. The summed E-state index contributed by atoms with van der Waals surface area (Å²) in [4.78, 5) is 11.2. The average Bonchev–Trinajstić information content (AvgIpc) is 2.22. The first-order chi connectivity index (χ1) is 5.27. The maximum Gasteiger partial charge on any atom is 0.223 e. The van der Waals surface area contributed by atoms with Gasteiger partial charge in [-0.2, -0.15) is 0 Å². The van der Waals surface area contributed by atoms with Crippen molar-refractivity contribution in [1.29, 1.82) is 0 Å². The number of piperidine rings is 1. The number of carbonyl (C=O) groups is 1. The van der Waals surface area contributed by atoms with Crippen LogP contribution in [0.25, 0.3) is 0 Å². The molecule has 3 unspecified atom stereocenters. The second-order valence-corrected chi connectivity index (χ2v) is 3.53. The molecule has 0 spiro atoms. The van der Waals surface area contributed by atoms with E-state index in [0.717, 1.165) is 25.7 Å². The van der Waals surface area contributed by atoms with Gasteiger partial charge in [0.05, 0.1) is 12.1 Å². The Balaban J connectivity index is 2.17. The van der Waals surface area contributed by atoms with Crippen LogP contribution in [0.15, 0.2) is 0 Å². The lowest BCUT2D eigenvalue weighted by Crippen LogP contribution is -2.46. The van der Waals surface area contributed by atoms with Gasteiger partial charge >= 0.3 is 0 Å². The highest BCUT2D eigenvalue weighted by molar-refractivity contribution is 5.80. The predicted octanol–water partition coefficient (Wildman–Crippen LogP) is 0.0359. The molecular weight excluding hydrogens is 142 g/mol. The Labute approximate surface area is 65.8 Å². The highest BCUT2D eigenvalue weighted by Gasteiger charge is 2.35. The fourth-order valence-corrected chi connectivity index (χ4v) is 2.02. The molecule has 0 aromatic carbocycles. The fourth-order valence-electron chi connectivity index (χ4n) is 2.02. The molecule has 0 aromatic rings. The van der Waals surface area contributed by atoms with Crippen LogP contribution in [0.3, 0.4) is 0 Å². The zero-order chi connectivity index (χ0) is 7.84. The van der Waals surface area contributed by atoms with E-state index in [-0.39, 0.29) is 24.0 Å². The van der Waals surface area contributed by atoms with Crippen LogP contribution < -0.4 is 5.32 Å². The average molecular weight is 155 g/mol. The molecule has 0 radical (unpaired) electrons. The third kappa shape index (κ3) is 1.13. The lowest BCUT2D eigenvalue weighted by molar-refractivity contribution is -0.127. The van der Waals surface area contributed by atoms with E-state index < -0.39 is 0 Å². The van der Waals surface area contributed by atoms with E-state index in [1.165, 1.54) is 0 Å². The highest BCUT2D eigenvalue weighted by Crippen LogP contribution is 2.28. The molecule has 3 fully saturated rings. The van der Waals surface area contributed by atoms with Crippen molar-refractivity contribution in [3.05, 3.63) is 0 Å². The van der Waals surface area contributed by atoms with E-state index in [0.29, 0.717) is 0 Å². The van der Waals surface area contributed by atoms with Crippen LogP contribution in [-0.4, -0.2) is 23.2 Å². The van der Waals surface area contributed by atoms with Crippen LogP contribution in [0.1, 0.15) is 25.7 Å². The van der Waals surface area contributed by atoms with Crippen molar-refractivity contribution >= 4 is 5.91 Å². The van der Waals surface area contributed by atoms with E-state index in [9.17, 15) is 9.90 Å². The van der Waals surface area contributed by atoms with Crippen molar-refractivity contribution in [2.75, 3.05) is 0 Å². The molecule has 62 valence electrons. The van der Waals surface area contributed by atoms with Crippen LogP contribution in [0, 0.1) is 5.92 Å². The van der Waals surface area contributed by atoms with Crippen molar-refractivity contribution in [1.82, 2.24) is 5.32 Å². The SMILES string of the molecule is O=C1NC2CCC1CCC2O. The summed E-state index contributed by atoms with van der Waals surface area (Å²) in [6.45, 7) is 0. The summed E-state index contributed by atoms with van der Waals surface area (Å²) in [6.07, 6.45) is 3.27. The number of amides is 1. The first-order valence-electron chi connectivity index (χ1n) is 4.26. The molecule has 3 nitrogen and oxygen atoms in total. The molecule has 2 heterocycles. The number of aliphatic hydroxyl groups excluding tert-OH is 1. The lowest BCUT2D eigenvalue weighted by atomic mass is 9.96. The van der Waals surface area contributed by atoms with E-state index >= 15 is 0 Å². The molecule has 11 heavy (non-hydrogen) atoms. The van der Waals surface area contributed by atoms with Gasteiger partial charge in [-0.25, -0.2) is 0 Å². The third-order valence-corrected chi connectivity index (χ3v) is 2.80. The minimum absolute atomic E-state index is 0.0428. The van der Waals surface area contributed by atoms with Gasteiger partial charge in [0, 0.05) is 5.92 Å². The first-order valence-corrected chi connectivity index (χ1v) is 4.26. The Bertz CT molecular complexity index is 181. The number of aliphatic hydroxyl groups is 1. The van der Waals surface area contributed by atoms with Gasteiger partial charge in [0.2, 0.25) is 5.91 Å². The van der Waals surface area contributed by atoms with Crippen LogP contribution in [0.5, 0.6) is 0 Å². The number of hydrogen-bond donors (Lipinski definition) is 2. The van der Waals surface area contributed by atoms with Crippen molar-refractivity contribution in [2.45, 2.75) is 37.8 Å². The minimum atomic E-state index is -0.300. The number of hydrogen-bond acceptors (Lipinski definition) is 2. The summed E-state index contributed by atoms with van der Waals surface area (Å²) in [5.74, 6) is 0.334. The second-order valence-electron chi connectivity index (χ2n) is 3.53. The smallest absolute Gasteiger partial charge is 0.223 e. The van der Waals surface area contributed by atoms with Crippen LogP contribution in [0.2, 0.25) is 0 Å². The van der Waals surface area contributed by atoms with Gasteiger partial charge in [-0.3, -0.25) is 4.79 Å². The molecule has 3 heteroatoms.